The molecule has 3 rings (SSSR count). The molecule has 5 heteroatoms. The molecule has 0 atom stereocenters. The van der Waals surface area contributed by atoms with E-state index in [0.717, 1.165) is 29.3 Å². The van der Waals surface area contributed by atoms with Crippen LogP contribution in [0.15, 0.2) is 86.2 Å². The van der Waals surface area contributed by atoms with Gasteiger partial charge in [-0.15, -0.1) is 0 Å². The van der Waals surface area contributed by atoms with Crippen molar-refractivity contribution in [3.05, 3.63) is 86.2 Å². The van der Waals surface area contributed by atoms with Gasteiger partial charge in [0.15, 0.2) is 7.14 Å². The maximum Gasteiger partial charge on any atom is 0.174 e. The van der Waals surface area contributed by atoms with Crippen molar-refractivity contribution in [2.24, 2.45) is 0 Å². The van der Waals surface area contributed by atoms with E-state index in [1.165, 1.54) is 0 Å². The standard InChI is InChI=1S/C18H12Br3OP/c19-13-7-1-4-10-16(13)23(22,17-11-5-2-8-14(17)20)18-12-6-3-9-15(18)21/h1-12H. The van der Waals surface area contributed by atoms with Gasteiger partial charge in [0, 0.05) is 29.3 Å². The summed E-state index contributed by atoms with van der Waals surface area (Å²) in [6, 6.07) is 23.1. The van der Waals surface area contributed by atoms with Crippen molar-refractivity contribution in [3.63, 3.8) is 0 Å². The highest BCUT2D eigenvalue weighted by Crippen LogP contribution is 2.47. The summed E-state index contributed by atoms with van der Waals surface area (Å²) in [5.41, 5.74) is 0. The molecule has 3 aromatic carbocycles. The van der Waals surface area contributed by atoms with E-state index in [-0.39, 0.29) is 0 Å². The predicted molar refractivity (Wildman–Crippen MR) is 109 cm³/mol. The molecule has 0 aliphatic heterocycles. The molecule has 23 heavy (non-hydrogen) atoms. The molecule has 0 fully saturated rings. The Morgan fingerprint density at radius 3 is 1.04 bits per heavy atom. The van der Waals surface area contributed by atoms with Gasteiger partial charge in [0.1, 0.15) is 0 Å². The third kappa shape index (κ3) is 3.15. The van der Waals surface area contributed by atoms with Crippen LogP contribution in [0.5, 0.6) is 0 Å². The molecule has 1 nitrogen and oxygen atoms in total. The number of hydrogen-bond donors (Lipinski definition) is 0. The molecular formula is C18H12Br3OP. The van der Waals surface area contributed by atoms with Crippen LogP contribution in [0.1, 0.15) is 0 Å². The van der Waals surface area contributed by atoms with Crippen LogP contribution < -0.4 is 15.9 Å². The zero-order chi connectivity index (χ0) is 16.4. The Bertz CT molecular complexity index is 790. The fraction of sp³-hybridized carbons (Fsp3) is 0. The van der Waals surface area contributed by atoms with E-state index in [9.17, 15) is 4.57 Å². The first kappa shape index (κ1) is 17.2. The Kier molecular flexibility index (Phi) is 5.27. The molecule has 0 amide bonds. The molecule has 0 saturated heterocycles. The molecule has 0 aromatic heterocycles. The average molecular weight is 515 g/mol. The highest BCUT2D eigenvalue weighted by atomic mass is 79.9. The normalized spacial score (nSPS) is 11.4. The summed E-state index contributed by atoms with van der Waals surface area (Å²) in [6.07, 6.45) is 0. The van der Waals surface area contributed by atoms with Crippen molar-refractivity contribution in [3.8, 4) is 0 Å². The first-order valence-corrected chi connectivity index (χ1v) is 11.0. The molecule has 0 heterocycles. The molecule has 3 aromatic rings. The second kappa shape index (κ2) is 7.06. The molecular weight excluding hydrogens is 503 g/mol. The largest absolute Gasteiger partial charge is 0.309 e. The van der Waals surface area contributed by atoms with Gasteiger partial charge in [-0.1, -0.05) is 84.2 Å². The van der Waals surface area contributed by atoms with Gasteiger partial charge in [0.25, 0.3) is 0 Å². The van der Waals surface area contributed by atoms with Crippen LogP contribution in [0.3, 0.4) is 0 Å². The maximum atomic E-state index is 14.4. The van der Waals surface area contributed by atoms with Gasteiger partial charge in [-0.25, -0.2) is 0 Å². The lowest BCUT2D eigenvalue weighted by molar-refractivity contribution is 0.592. The molecule has 0 bridgehead atoms. The Morgan fingerprint density at radius 2 is 0.783 bits per heavy atom. The van der Waals surface area contributed by atoms with Gasteiger partial charge in [-0.3, -0.25) is 0 Å². The van der Waals surface area contributed by atoms with E-state index in [1.807, 2.05) is 72.8 Å². The van der Waals surface area contributed by atoms with Crippen LogP contribution in [0.4, 0.5) is 0 Å². The molecule has 0 radical (unpaired) electrons. The lowest BCUT2D eigenvalue weighted by Crippen LogP contribution is -2.27. The smallest absolute Gasteiger partial charge is 0.174 e. The number of hydrogen-bond acceptors (Lipinski definition) is 1. The van der Waals surface area contributed by atoms with Gasteiger partial charge in [0.05, 0.1) is 0 Å². The Labute approximate surface area is 160 Å². The quantitative estimate of drug-likeness (QED) is 0.415. The number of benzene rings is 3. The van der Waals surface area contributed by atoms with Gasteiger partial charge in [-0.2, -0.15) is 0 Å². The monoisotopic (exact) mass is 512 g/mol. The minimum absolute atomic E-state index is 0.791. The Morgan fingerprint density at radius 1 is 0.522 bits per heavy atom. The maximum absolute atomic E-state index is 14.4. The Hall–Kier alpha value is -0.670. The van der Waals surface area contributed by atoms with Crippen molar-refractivity contribution in [2.45, 2.75) is 0 Å². The molecule has 0 saturated carbocycles. The van der Waals surface area contributed by atoms with Crippen molar-refractivity contribution in [1.29, 1.82) is 0 Å². The fourth-order valence-corrected chi connectivity index (χ4v) is 8.41. The van der Waals surface area contributed by atoms with Gasteiger partial charge >= 0.3 is 0 Å². The topological polar surface area (TPSA) is 17.1 Å². The zero-order valence-electron chi connectivity index (χ0n) is 11.9. The van der Waals surface area contributed by atoms with Crippen LogP contribution in [0.2, 0.25) is 0 Å². The molecule has 0 N–H and O–H groups in total. The number of halogens is 3. The van der Waals surface area contributed by atoms with Crippen molar-refractivity contribution in [2.75, 3.05) is 0 Å². The van der Waals surface area contributed by atoms with E-state index >= 15 is 0 Å². The van der Waals surface area contributed by atoms with Gasteiger partial charge < -0.3 is 4.57 Å². The van der Waals surface area contributed by atoms with E-state index in [0.29, 0.717) is 0 Å². The predicted octanol–water partition coefficient (Wildman–Crippen LogP) is 5.61. The van der Waals surface area contributed by atoms with Gasteiger partial charge in [-0.05, 0) is 36.4 Å². The molecule has 0 aliphatic rings. The van der Waals surface area contributed by atoms with E-state index < -0.39 is 7.14 Å². The van der Waals surface area contributed by atoms with E-state index in [4.69, 9.17) is 0 Å². The second-order valence-corrected chi connectivity index (χ2v) is 10.2. The van der Waals surface area contributed by atoms with Crippen molar-refractivity contribution < 1.29 is 4.57 Å². The van der Waals surface area contributed by atoms with Crippen LogP contribution in [0, 0.1) is 0 Å². The first-order valence-electron chi connectivity index (χ1n) is 6.90. The Balaban J connectivity index is 2.41. The van der Waals surface area contributed by atoms with Crippen LogP contribution in [-0.4, -0.2) is 0 Å². The highest BCUT2D eigenvalue weighted by Gasteiger charge is 2.34. The SMILES string of the molecule is O=P(c1ccccc1Br)(c1ccccc1Br)c1ccccc1Br. The van der Waals surface area contributed by atoms with Crippen molar-refractivity contribution in [1.82, 2.24) is 0 Å². The summed E-state index contributed by atoms with van der Waals surface area (Å²) >= 11 is 10.7. The summed E-state index contributed by atoms with van der Waals surface area (Å²) in [4.78, 5) is 0. The average Bonchev–Trinajstić information content (AvgIpc) is 2.55. The fourth-order valence-electron chi connectivity index (χ4n) is 2.51. The van der Waals surface area contributed by atoms with Crippen LogP contribution in [0.25, 0.3) is 0 Å². The minimum Gasteiger partial charge on any atom is -0.309 e. The lowest BCUT2D eigenvalue weighted by atomic mass is 10.3. The summed E-state index contributed by atoms with van der Waals surface area (Å²) in [5.74, 6) is 0. The highest BCUT2D eigenvalue weighted by molar-refractivity contribution is 9.11. The van der Waals surface area contributed by atoms with E-state index in [1.54, 1.807) is 0 Å². The third-order valence-corrected chi connectivity index (χ3v) is 9.77. The summed E-state index contributed by atoms with van der Waals surface area (Å²) in [5, 5.41) is 2.37. The van der Waals surface area contributed by atoms with Crippen LogP contribution in [-0.2, 0) is 4.57 Å². The van der Waals surface area contributed by atoms with E-state index in [2.05, 4.69) is 47.8 Å². The van der Waals surface area contributed by atoms with Crippen LogP contribution >= 0.6 is 54.9 Å². The van der Waals surface area contributed by atoms with Gasteiger partial charge in [0.2, 0.25) is 0 Å². The zero-order valence-corrected chi connectivity index (χ0v) is 17.6. The molecule has 0 unspecified atom stereocenters. The number of rotatable bonds is 3. The third-order valence-electron chi connectivity index (χ3n) is 3.58. The second-order valence-electron chi connectivity index (χ2n) is 4.96. The summed E-state index contributed by atoms with van der Waals surface area (Å²) < 4.78 is 16.9. The minimum atomic E-state index is -3.03. The molecule has 0 aliphatic carbocycles. The summed E-state index contributed by atoms with van der Waals surface area (Å²) in [6.45, 7) is 0. The lowest BCUT2D eigenvalue weighted by Gasteiger charge is -2.23. The molecule has 0 spiro atoms. The van der Waals surface area contributed by atoms with Crippen molar-refractivity contribution >= 4 is 70.8 Å². The first-order chi connectivity index (χ1) is 11.0. The summed E-state index contributed by atoms with van der Waals surface area (Å²) in [7, 11) is -3.03. The molecule has 116 valence electrons.